The fourth-order valence-corrected chi connectivity index (χ4v) is 2.80. The molecule has 0 spiro atoms. The molecule has 1 aromatic heterocycles. The van der Waals surface area contributed by atoms with Gasteiger partial charge in [-0.3, -0.25) is 10.1 Å². The smallest absolute Gasteiger partial charge is 0.291 e. The Morgan fingerprint density at radius 2 is 2.29 bits per heavy atom. The van der Waals surface area contributed by atoms with Crippen molar-refractivity contribution in [2.45, 2.75) is 32.8 Å². The van der Waals surface area contributed by atoms with E-state index in [1.54, 1.807) is 0 Å². The maximum Gasteiger partial charge on any atom is 0.291 e. The van der Waals surface area contributed by atoms with Crippen LogP contribution in [0.1, 0.15) is 26.7 Å². The first-order chi connectivity index (χ1) is 9.82. The maximum absolute atomic E-state index is 10.8. The number of methoxy groups -OCH3 is 1. The molecular weight excluding hydrogens is 274 g/mol. The zero-order chi connectivity index (χ0) is 15.6. The summed E-state index contributed by atoms with van der Waals surface area (Å²) in [5, 5.41) is 20.8. The molecule has 1 saturated heterocycles. The van der Waals surface area contributed by atoms with E-state index in [1.807, 2.05) is 4.90 Å². The van der Waals surface area contributed by atoms with Crippen LogP contribution in [0, 0.1) is 15.5 Å². The van der Waals surface area contributed by atoms with Gasteiger partial charge in [0.25, 0.3) is 5.69 Å². The second-order valence-corrected chi connectivity index (χ2v) is 6.21. The monoisotopic (exact) mass is 295 g/mol. The fraction of sp³-hybridized carbons (Fsp3) is 0.643. The highest BCUT2D eigenvalue weighted by Gasteiger charge is 2.31. The van der Waals surface area contributed by atoms with E-state index in [9.17, 15) is 15.2 Å². The lowest BCUT2D eigenvalue weighted by molar-refractivity contribution is -0.385. The van der Waals surface area contributed by atoms with Crippen molar-refractivity contribution >= 4 is 11.5 Å². The quantitative estimate of drug-likeness (QED) is 0.677. The van der Waals surface area contributed by atoms with Gasteiger partial charge in [-0.2, -0.15) is 0 Å². The van der Waals surface area contributed by atoms with Crippen LogP contribution < -0.4 is 9.64 Å². The number of aliphatic hydroxyl groups is 1. The maximum atomic E-state index is 10.8. The third-order valence-electron chi connectivity index (χ3n) is 3.69. The van der Waals surface area contributed by atoms with E-state index in [0.717, 1.165) is 6.42 Å². The summed E-state index contributed by atoms with van der Waals surface area (Å²) in [5.41, 5.74) is -0.158. The molecule has 0 saturated carbocycles. The van der Waals surface area contributed by atoms with Crippen LogP contribution in [0.2, 0.25) is 0 Å². The summed E-state index contributed by atoms with van der Waals surface area (Å²) in [6, 6.07) is 1.39. The molecule has 1 aromatic rings. The number of aliphatic hydroxyl groups excluding tert-OH is 1. The molecule has 116 valence electrons. The van der Waals surface area contributed by atoms with Gasteiger partial charge in [-0.25, -0.2) is 4.98 Å². The molecule has 7 nitrogen and oxygen atoms in total. The minimum Gasteiger partial charge on any atom is -0.493 e. The zero-order valence-corrected chi connectivity index (χ0v) is 12.6. The number of nitro groups is 1. The van der Waals surface area contributed by atoms with Gasteiger partial charge in [0.05, 0.1) is 24.2 Å². The van der Waals surface area contributed by atoms with Crippen LogP contribution in [0.3, 0.4) is 0 Å². The van der Waals surface area contributed by atoms with Crippen molar-refractivity contribution in [2.75, 3.05) is 25.1 Å². The minimum atomic E-state index is -0.491. The molecule has 1 atom stereocenters. The van der Waals surface area contributed by atoms with Crippen LogP contribution in [-0.2, 0) is 0 Å². The van der Waals surface area contributed by atoms with Crippen molar-refractivity contribution in [1.29, 1.82) is 0 Å². The van der Waals surface area contributed by atoms with Crippen LogP contribution in [0.4, 0.5) is 11.5 Å². The Morgan fingerprint density at radius 1 is 1.57 bits per heavy atom. The molecule has 2 rings (SSSR count). The molecule has 0 aromatic carbocycles. The zero-order valence-electron chi connectivity index (χ0n) is 12.6. The number of nitrogens with zero attached hydrogens (tertiary/aromatic N) is 3. The number of pyridine rings is 1. The first-order valence-electron chi connectivity index (χ1n) is 6.94. The van der Waals surface area contributed by atoms with Crippen molar-refractivity contribution in [3.8, 4) is 5.75 Å². The Morgan fingerprint density at radius 3 is 2.90 bits per heavy atom. The van der Waals surface area contributed by atoms with E-state index in [1.165, 1.54) is 19.4 Å². The van der Waals surface area contributed by atoms with Crippen LogP contribution in [-0.4, -0.2) is 41.3 Å². The van der Waals surface area contributed by atoms with Crippen molar-refractivity contribution in [2.24, 2.45) is 5.41 Å². The molecule has 7 heteroatoms. The summed E-state index contributed by atoms with van der Waals surface area (Å²) in [6.07, 6.45) is 2.27. The lowest BCUT2D eigenvalue weighted by atomic mass is 9.87. The summed E-state index contributed by atoms with van der Waals surface area (Å²) in [5.74, 6) is 0.974. The first kappa shape index (κ1) is 15.5. The van der Waals surface area contributed by atoms with Crippen LogP contribution >= 0.6 is 0 Å². The lowest BCUT2D eigenvalue weighted by Gasteiger charge is -2.31. The molecule has 0 radical (unpaired) electrons. The third-order valence-corrected chi connectivity index (χ3v) is 3.69. The molecule has 0 aliphatic carbocycles. The predicted molar refractivity (Wildman–Crippen MR) is 78.7 cm³/mol. The third kappa shape index (κ3) is 3.60. The van der Waals surface area contributed by atoms with E-state index in [4.69, 9.17) is 4.74 Å². The number of hydrogen-bond donors (Lipinski definition) is 1. The highest BCUT2D eigenvalue weighted by Crippen LogP contribution is 2.35. The van der Waals surface area contributed by atoms with Gasteiger partial charge in [-0.1, -0.05) is 13.8 Å². The second-order valence-electron chi connectivity index (χ2n) is 6.21. The lowest BCUT2D eigenvalue weighted by Crippen LogP contribution is -2.33. The predicted octanol–water partition coefficient (Wildman–Crippen LogP) is 1.99. The molecule has 1 fully saturated rings. The van der Waals surface area contributed by atoms with Gasteiger partial charge in [-0.15, -0.1) is 0 Å². The Hall–Kier alpha value is -1.89. The summed E-state index contributed by atoms with van der Waals surface area (Å²) in [4.78, 5) is 16.6. The topological polar surface area (TPSA) is 88.7 Å². The average molecular weight is 295 g/mol. The Bertz CT molecular complexity index is 533. The number of rotatable bonds is 3. The molecule has 2 heterocycles. The summed E-state index contributed by atoms with van der Waals surface area (Å²) in [7, 11) is 1.47. The van der Waals surface area contributed by atoms with Gasteiger partial charge in [0.2, 0.25) is 0 Å². The van der Waals surface area contributed by atoms with Gasteiger partial charge in [-0.05, 0) is 18.3 Å². The van der Waals surface area contributed by atoms with Crippen LogP contribution in [0.25, 0.3) is 0 Å². The molecule has 1 unspecified atom stereocenters. The molecule has 0 bridgehead atoms. The summed E-state index contributed by atoms with van der Waals surface area (Å²) in [6.45, 7) is 5.54. The number of anilines is 1. The standard InChI is InChI=1S/C14H21N3O4/c1-14(2)7-11(18)4-5-16(9-14)13-12(21-3)6-10(8-15-13)17(19)20/h6,8,11,18H,4-5,7,9H2,1-3H3. The fourth-order valence-electron chi connectivity index (χ4n) is 2.80. The number of aromatic nitrogens is 1. The molecule has 1 aliphatic rings. The van der Waals surface area contributed by atoms with E-state index in [-0.39, 0.29) is 17.2 Å². The number of ether oxygens (including phenoxy) is 1. The first-order valence-corrected chi connectivity index (χ1v) is 6.94. The van der Waals surface area contributed by atoms with Crippen molar-refractivity contribution < 1.29 is 14.8 Å². The van der Waals surface area contributed by atoms with Crippen LogP contribution in [0.15, 0.2) is 12.3 Å². The SMILES string of the molecule is COc1cc([N+](=O)[O-])cnc1N1CCC(O)CC(C)(C)C1. The van der Waals surface area contributed by atoms with Gasteiger partial charge in [0.1, 0.15) is 6.20 Å². The average Bonchev–Trinajstić information content (AvgIpc) is 2.55. The minimum absolute atomic E-state index is 0.0651. The van der Waals surface area contributed by atoms with E-state index < -0.39 is 4.92 Å². The van der Waals surface area contributed by atoms with Crippen molar-refractivity contribution in [3.63, 3.8) is 0 Å². The highest BCUT2D eigenvalue weighted by atomic mass is 16.6. The van der Waals surface area contributed by atoms with Gasteiger partial charge in [0.15, 0.2) is 11.6 Å². The van der Waals surface area contributed by atoms with Gasteiger partial charge < -0.3 is 14.7 Å². The summed E-state index contributed by atoms with van der Waals surface area (Å²) >= 11 is 0. The normalized spacial score (nSPS) is 21.7. The molecule has 1 aliphatic heterocycles. The number of hydrogen-bond acceptors (Lipinski definition) is 6. The van der Waals surface area contributed by atoms with E-state index >= 15 is 0 Å². The molecule has 1 N–H and O–H groups in total. The highest BCUT2D eigenvalue weighted by molar-refractivity contribution is 5.56. The van der Waals surface area contributed by atoms with Crippen LogP contribution in [0.5, 0.6) is 5.75 Å². The largest absolute Gasteiger partial charge is 0.493 e. The van der Waals surface area contributed by atoms with Crippen molar-refractivity contribution in [3.05, 3.63) is 22.4 Å². The molecule has 0 amide bonds. The summed E-state index contributed by atoms with van der Waals surface area (Å²) < 4.78 is 5.25. The molecule has 21 heavy (non-hydrogen) atoms. The Kier molecular flexibility index (Phi) is 4.32. The Labute approximate surface area is 123 Å². The van der Waals surface area contributed by atoms with Crippen molar-refractivity contribution in [1.82, 2.24) is 4.98 Å². The van der Waals surface area contributed by atoms with E-state index in [2.05, 4.69) is 18.8 Å². The van der Waals surface area contributed by atoms with Gasteiger partial charge >= 0.3 is 0 Å². The van der Waals surface area contributed by atoms with E-state index in [0.29, 0.717) is 31.1 Å². The second kappa shape index (κ2) is 5.85. The molecular formula is C14H21N3O4. The van der Waals surface area contributed by atoms with Gasteiger partial charge in [0, 0.05) is 13.1 Å². The Balaban J connectivity index is 2.34.